The molecule has 0 atom stereocenters. The lowest BCUT2D eigenvalue weighted by molar-refractivity contribution is 0.0816. The Bertz CT molecular complexity index is 419. The van der Waals surface area contributed by atoms with Gasteiger partial charge in [-0.2, -0.15) is 0 Å². The minimum Gasteiger partial charge on any atom is -0.491 e. The van der Waals surface area contributed by atoms with Gasteiger partial charge in [0.25, 0.3) is 0 Å². The lowest BCUT2D eigenvalue weighted by Gasteiger charge is -2.13. The van der Waals surface area contributed by atoms with Crippen molar-refractivity contribution in [2.24, 2.45) is 5.92 Å². The summed E-state index contributed by atoms with van der Waals surface area (Å²) >= 11 is 3.52. The van der Waals surface area contributed by atoms with Gasteiger partial charge in [0.2, 0.25) is 0 Å². The normalized spacial score (nSPS) is 14.8. The second kappa shape index (κ2) is 8.01. The number of nitrogens with one attached hydrogen (secondary N) is 1. The average molecular weight is 342 g/mol. The van der Waals surface area contributed by atoms with Crippen LogP contribution in [-0.4, -0.2) is 25.9 Å². The molecule has 0 heterocycles. The van der Waals surface area contributed by atoms with Crippen LogP contribution in [0, 0.1) is 5.92 Å². The molecule has 1 aliphatic carbocycles. The lowest BCUT2D eigenvalue weighted by Crippen LogP contribution is -2.17. The first kappa shape index (κ1) is 15.8. The highest BCUT2D eigenvalue weighted by Crippen LogP contribution is 2.25. The molecule has 0 aliphatic heterocycles. The third kappa shape index (κ3) is 5.81. The van der Waals surface area contributed by atoms with E-state index in [1.54, 1.807) is 0 Å². The monoisotopic (exact) mass is 341 g/mol. The number of ether oxygens (including phenoxy) is 2. The van der Waals surface area contributed by atoms with Crippen molar-refractivity contribution < 1.29 is 9.47 Å². The summed E-state index contributed by atoms with van der Waals surface area (Å²) in [6.45, 7) is 7.20. The summed E-state index contributed by atoms with van der Waals surface area (Å²) in [6, 6.07) is 6.87. The molecule has 3 nitrogen and oxygen atoms in total. The molecule has 0 saturated heterocycles. The van der Waals surface area contributed by atoms with E-state index in [0.29, 0.717) is 25.2 Å². The number of rotatable bonds is 9. The molecular formula is C16H24BrNO2. The van der Waals surface area contributed by atoms with Gasteiger partial charge in [0, 0.05) is 29.2 Å². The summed E-state index contributed by atoms with van der Waals surface area (Å²) in [4.78, 5) is 0. The first-order valence-corrected chi connectivity index (χ1v) is 8.17. The summed E-state index contributed by atoms with van der Waals surface area (Å²) in [5, 5.41) is 3.52. The van der Waals surface area contributed by atoms with Crippen LogP contribution in [0.4, 0.5) is 0 Å². The largest absolute Gasteiger partial charge is 0.491 e. The molecule has 1 aromatic carbocycles. The Balaban J connectivity index is 1.79. The van der Waals surface area contributed by atoms with Crippen molar-refractivity contribution in [1.82, 2.24) is 5.32 Å². The molecule has 1 saturated carbocycles. The summed E-state index contributed by atoms with van der Waals surface area (Å²) < 4.78 is 12.5. The van der Waals surface area contributed by atoms with Gasteiger partial charge < -0.3 is 14.8 Å². The first-order valence-electron chi connectivity index (χ1n) is 7.37. The maximum absolute atomic E-state index is 5.84. The predicted molar refractivity (Wildman–Crippen MR) is 85.2 cm³/mol. The van der Waals surface area contributed by atoms with Crippen molar-refractivity contribution in [1.29, 1.82) is 0 Å². The van der Waals surface area contributed by atoms with Gasteiger partial charge in [-0.25, -0.2) is 0 Å². The van der Waals surface area contributed by atoms with Gasteiger partial charge >= 0.3 is 0 Å². The number of halogens is 1. The van der Waals surface area contributed by atoms with E-state index < -0.39 is 0 Å². The van der Waals surface area contributed by atoms with E-state index >= 15 is 0 Å². The van der Waals surface area contributed by atoms with Gasteiger partial charge in [-0.3, -0.25) is 0 Å². The fourth-order valence-electron chi connectivity index (χ4n) is 1.90. The Morgan fingerprint density at radius 1 is 1.30 bits per heavy atom. The van der Waals surface area contributed by atoms with Crippen molar-refractivity contribution in [2.45, 2.75) is 39.3 Å². The van der Waals surface area contributed by atoms with Crippen LogP contribution in [0.5, 0.6) is 5.75 Å². The quantitative estimate of drug-likeness (QED) is 0.694. The highest BCUT2D eigenvalue weighted by molar-refractivity contribution is 9.10. The molecule has 2 rings (SSSR count). The Hall–Kier alpha value is -0.580. The third-order valence-corrected chi connectivity index (χ3v) is 3.61. The molecule has 0 radical (unpaired) electrons. The molecular weight excluding hydrogens is 318 g/mol. The SMILES string of the molecule is CC(C)COCCOc1ccc(Br)cc1CNC1CC1. The Labute approximate surface area is 130 Å². The van der Waals surface area contributed by atoms with E-state index in [9.17, 15) is 0 Å². The van der Waals surface area contributed by atoms with E-state index in [-0.39, 0.29) is 0 Å². The van der Waals surface area contributed by atoms with Crippen molar-refractivity contribution in [3.8, 4) is 5.75 Å². The van der Waals surface area contributed by atoms with E-state index in [1.165, 1.54) is 18.4 Å². The highest BCUT2D eigenvalue weighted by atomic mass is 79.9. The fourth-order valence-corrected chi connectivity index (χ4v) is 2.31. The number of benzene rings is 1. The second-order valence-corrected chi connectivity index (χ2v) is 6.64. The molecule has 1 N–H and O–H groups in total. The lowest BCUT2D eigenvalue weighted by atomic mass is 10.2. The van der Waals surface area contributed by atoms with E-state index in [0.717, 1.165) is 23.4 Å². The molecule has 4 heteroatoms. The van der Waals surface area contributed by atoms with Gasteiger partial charge in [0.1, 0.15) is 12.4 Å². The van der Waals surface area contributed by atoms with Crippen molar-refractivity contribution >= 4 is 15.9 Å². The zero-order valence-corrected chi connectivity index (χ0v) is 13.9. The molecule has 0 unspecified atom stereocenters. The van der Waals surface area contributed by atoms with Crippen LogP contribution in [0.3, 0.4) is 0 Å². The van der Waals surface area contributed by atoms with Gasteiger partial charge in [-0.1, -0.05) is 29.8 Å². The summed E-state index contributed by atoms with van der Waals surface area (Å²) in [5.74, 6) is 1.52. The molecule has 20 heavy (non-hydrogen) atoms. The maximum atomic E-state index is 5.84. The minimum atomic E-state index is 0.570. The zero-order valence-electron chi connectivity index (χ0n) is 12.3. The van der Waals surface area contributed by atoms with Gasteiger partial charge in [0.15, 0.2) is 0 Å². The predicted octanol–water partition coefficient (Wildman–Crippen LogP) is 3.75. The van der Waals surface area contributed by atoms with Crippen LogP contribution in [0.1, 0.15) is 32.3 Å². The van der Waals surface area contributed by atoms with Crippen LogP contribution in [0.15, 0.2) is 22.7 Å². The van der Waals surface area contributed by atoms with Crippen LogP contribution in [0.25, 0.3) is 0 Å². The molecule has 1 aromatic rings. The van der Waals surface area contributed by atoms with Crippen LogP contribution in [-0.2, 0) is 11.3 Å². The Kier molecular flexibility index (Phi) is 6.33. The van der Waals surface area contributed by atoms with E-state index in [1.807, 2.05) is 12.1 Å². The average Bonchev–Trinajstić information content (AvgIpc) is 3.21. The third-order valence-electron chi connectivity index (χ3n) is 3.12. The Morgan fingerprint density at radius 2 is 2.10 bits per heavy atom. The topological polar surface area (TPSA) is 30.5 Å². The molecule has 1 aliphatic rings. The minimum absolute atomic E-state index is 0.570. The highest BCUT2D eigenvalue weighted by Gasteiger charge is 2.20. The number of hydrogen-bond donors (Lipinski definition) is 1. The molecule has 0 aromatic heterocycles. The van der Waals surface area contributed by atoms with Gasteiger partial charge in [-0.15, -0.1) is 0 Å². The molecule has 0 amide bonds. The molecule has 1 fully saturated rings. The molecule has 112 valence electrons. The zero-order chi connectivity index (χ0) is 14.4. The van der Waals surface area contributed by atoms with Crippen LogP contribution >= 0.6 is 15.9 Å². The van der Waals surface area contributed by atoms with Gasteiger partial charge in [-0.05, 0) is 37.0 Å². The Morgan fingerprint density at radius 3 is 2.80 bits per heavy atom. The van der Waals surface area contributed by atoms with Crippen molar-refractivity contribution in [2.75, 3.05) is 19.8 Å². The number of hydrogen-bond acceptors (Lipinski definition) is 3. The van der Waals surface area contributed by atoms with Crippen LogP contribution < -0.4 is 10.1 Å². The summed E-state index contributed by atoms with van der Waals surface area (Å²) in [7, 11) is 0. The summed E-state index contributed by atoms with van der Waals surface area (Å²) in [6.07, 6.45) is 2.60. The summed E-state index contributed by atoms with van der Waals surface area (Å²) in [5.41, 5.74) is 1.20. The smallest absolute Gasteiger partial charge is 0.123 e. The van der Waals surface area contributed by atoms with E-state index in [2.05, 4.69) is 41.2 Å². The molecule has 0 spiro atoms. The molecule has 0 bridgehead atoms. The van der Waals surface area contributed by atoms with E-state index in [4.69, 9.17) is 9.47 Å². The maximum Gasteiger partial charge on any atom is 0.123 e. The first-order chi connectivity index (χ1) is 9.65. The van der Waals surface area contributed by atoms with Crippen molar-refractivity contribution in [3.05, 3.63) is 28.2 Å². The fraction of sp³-hybridized carbons (Fsp3) is 0.625. The van der Waals surface area contributed by atoms with Gasteiger partial charge in [0.05, 0.1) is 6.61 Å². The van der Waals surface area contributed by atoms with Crippen molar-refractivity contribution in [3.63, 3.8) is 0 Å². The second-order valence-electron chi connectivity index (χ2n) is 5.72. The standard InChI is InChI=1S/C16H24BrNO2/c1-12(2)11-19-7-8-20-16-6-3-14(17)9-13(16)10-18-15-4-5-15/h3,6,9,12,15,18H,4-5,7-8,10-11H2,1-2H3. The van der Waals surface area contributed by atoms with Crippen LogP contribution in [0.2, 0.25) is 0 Å².